The van der Waals surface area contributed by atoms with Crippen molar-refractivity contribution < 1.29 is 8.94 Å². The van der Waals surface area contributed by atoms with Crippen molar-refractivity contribution in [2.75, 3.05) is 0 Å². The molecule has 0 bridgehead atoms. The van der Waals surface area contributed by atoms with Gasteiger partial charge >= 0.3 is 0 Å². The summed E-state index contributed by atoms with van der Waals surface area (Å²) in [6.45, 7) is 0. The van der Waals surface area contributed by atoms with Gasteiger partial charge in [0.05, 0.1) is 0 Å². The fourth-order valence-electron chi connectivity index (χ4n) is 2.11. The number of hydrogen-bond acceptors (Lipinski definition) is 5. The maximum absolute atomic E-state index is 8.80. The summed E-state index contributed by atoms with van der Waals surface area (Å²) in [6, 6.07) is 14.9. The summed E-state index contributed by atoms with van der Waals surface area (Å²) in [5.41, 5.74) is 1.81. The van der Waals surface area contributed by atoms with Crippen LogP contribution in [0.5, 0.6) is 0 Å². The van der Waals surface area contributed by atoms with Gasteiger partial charge in [0.1, 0.15) is 23.0 Å². The maximum Gasteiger partial charge on any atom is 0.274 e. The molecule has 0 saturated carbocycles. The number of aromatic nitrogens is 3. The van der Waals surface area contributed by atoms with E-state index in [0.29, 0.717) is 28.9 Å². The van der Waals surface area contributed by atoms with Crippen LogP contribution in [0.3, 0.4) is 0 Å². The van der Waals surface area contributed by atoms with Gasteiger partial charge in [-0.3, -0.25) is 0 Å². The van der Waals surface area contributed by atoms with Crippen LogP contribution in [0.15, 0.2) is 51.4 Å². The summed E-state index contributed by atoms with van der Waals surface area (Å²) in [7, 11) is 0. The van der Waals surface area contributed by atoms with Gasteiger partial charge in [-0.05, 0) is 24.3 Å². The fourth-order valence-corrected chi connectivity index (χ4v) is 2.11. The highest BCUT2D eigenvalue weighted by molar-refractivity contribution is 5.81. The molecule has 3 aromatic heterocycles. The first kappa shape index (κ1) is 11.5. The molecule has 6 nitrogen and oxygen atoms in total. The molecule has 100 valence electrons. The molecule has 3 heterocycles. The summed E-state index contributed by atoms with van der Waals surface area (Å²) in [4.78, 5) is 7.16. The van der Waals surface area contributed by atoms with E-state index in [4.69, 9.17) is 14.2 Å². The van der Waals surface area contributed by atoms with E-state index in [0.717, 1.165) is 11.0 Å². The van der Waals surface area contributed by atoms with Crippen LogP contribution in [-0.2, 0) is 0 Å². The Morgan fingerprint density at radius 1 is 1.14 bits per heavy atom. The topological polar surface area (TPSA) is 91.6 Å². The van der Waals surface area contributed by atoms with Gasteiger partial charge in [-0.1, -0.05) is 23.4 Å². The number of furan rings is 1. The molecule has 0 aliphatic rings. The third-order valence-corrected chi connectivity index (χ3v) is 3.11. The fraction of sp³-hybridized carbons (Fsp3) is 0. The monoisotopic (exact) mass is 276 g/mol. The number of benzene rings is 1. The van der Waals surface area contributed by atoms with E-state index in [2.05, 4.69) is 15.1 Å². The van der Waals surface area contributed by atoms with Crippen LogP contribution < -0.4 is 0 Å². The normalized spacial score (nSPS) is 10.8. The van der Waals surface area contributed by atoms with Crippen LogP contribution in [0.25, 0.3) is 34.1 Å². The van der Waals surface area contributed by atoms with E-state index >= 15 is 0 Å². The molecule has 6 heteroatoms. The Kier molecular flexibility index (Phi) is 2.38. The Hall–Kier alpha value is -3.33. The van der Waals surface area contributed by atoms with Crippen molar-refractivity contribution in [1.29, 1.82) is 5.26 Å². The summed E-state index contributed by atoms with van der Waals surface area (Å²) in [6.07, 6.45) is 0. The molecule has 1 aromatic carbocycles. The van der Waals surface area contributed by atoms with E-state index in [-0.39, 0.29) is 0 Å². The maximum atomic E-state index is 8.80. The minimum Gasteiger partial charge on any atom is -0.453 e. The van der Waals surface area contributed by atoms with Crippen molar-refractivity contribution in [2.45, 2.75) is 0 Å². The quantitative estimate of drug-likeness (QED) is 0.606. The molecule has 4 aromatic rings. The zero-order valence-corrected chi connectivity index (χ0v) is 10.7. The summed E-state index contributed by atoms with van der Waals surface area (Å²) >= 11 is 0. The highest BCUT2D eigenvalue weighted by Gasteiger charge is 2.15. The number of hydrogen-bond donors (Lipinski definition) is 1. The molecule has 0 atom stereocenters. The lowest BCUT2D eigenvalue weighted by atomic mass is 10.2. The first-order valence-electron chi connectivity index (χ1n) is 6.25. The first-order valence-corrected chi connectivity index (χ1v) is 6.25. The zero-order chi connectivity index (χ0) is 14.2. The van der Waals surface area contributed by atoms with Crippen LogP contribution in [0, 0.1) is 11.3 Å². The Labute approximate surface area is 118 Å². The van der Waals surface area contributed by atoms with Crippen LogP contribution >= 0.6 is 0 Å². The van der Waals surface area contributed by atoms with Crippen molar-refractivity contribution in [1.82, 2.24) is 15.1 Å². The van der Waals surface area contributed by atoms with Gasteiger partial charge in [-0.2, -0.15) is 10.2 Å². The number of nitrogens with zero attached hydrogens (tertiary/aromatic N) is 3. The van der Waals surface area contributed by atoms with Crippen LogP contribution in [0.2, 0.25) is 0 Å². The average molecular weight is 276 g/mol. The second-order valence-corrected chi connectivity index (χ2v) is 4.47. The predicted octanol–water partition coefficient (Wildman–Crippen LogP) is 3.35. The lowest BCUT2D eigenvalue weighted by Crippen LogP contribution is -1.79. The van der Waals surface area contributed by atoms with Crippen molar-refractivity contribution in [2.24, 2.45) is 0 Å². The molecule has 0 spiro atoms. The Bertz CT molecular complexity index is 938. The van der Waals surface area contributed by atoms with E-state index < -0.39 is 0 Å². The van der Waals surface area contributed by atoms with Gasteiger partial charge in [0.15, 0.2) is 5.76 Å². The molecular formula is C15H8N4O2. The molecule has 0 amide bonds. The number of nitriles is 1. The molecule has 1 N–H and O–H groups in total. The van der Waals surface area contributed by atoms with Gasteiger partial charge in [0, 0.05) is 5.39 Å². The minimum absolute atomic E-state index is 0.312. The second-order valence-electron chi connectivity index (χ2n) is 4.47. The lowest BCUT2D eigenvalue weighted by Gasteiger charge is -1.86. The molecular weight excluding hydrogens is 268 g/mol. The van der Waals surface area contributed by atoms with E-state index in [1.165, 1.54) is 0 Å². The second kappa shape index (κ2) is 4.35. The van der Waals surface area contributed by atoms with E-state index in [1.807, 2.05) is 36.4 Å². The molecule has 0 aliphatic heterocycles. The minimum atomic E-state index is 0.312. The standard InChI is InChI=1S/C15H8N4O2/c16-8-10-5-6-11(17-10)15-18-14(19-21-15)13-7-9-3-1-2-4-12(9)20-13/h1-7,17H. The predicted molar refractivity (Wildman–Crippen MR) is 74.0 cm³/mol. The van der Waals surface area contributed by atoms with Crippen molar-refractivity contribution in [3.63, 3.8) is 0 Å². The van der Waals surface area contributed by atoms with Crippen molar-refractivity contribution in [3.8, 4) is 29.2 Å². The lowest BCUT2D eigenvalue weighted by molar-refractivity contribution is 0.429. The number of nitrogens with one attached hydrogen (secondary N) is 1. The molecule has 21 heavy (non-hydrogen) atoms. The Morgan fingerprint density at radius 2 is 2.05 bits per heavy atom. The van der Waals surface area contributed by atoms with Gasteiger partial charge < -0.3 is 13.9 Å². The Balaban J connectivity index is 1.75. The van der Waals surface area contributed by atoms with E-state index in [1.54, 1.807) is 12.1 Å². The first-order chi connectivity index (χ1) is 10.3. The largest absolute Gasteiger partial charge is 0.453 e. The molecule has 0 saturated heterocycles. The molecule has 4 rings (SSSR count). The van der Waals surface area contributed by atoms with Crippen LogP contribution in [0.1, 0.15) is 5.69 Å². The van der Waals surface area contributed by atoms with Gasteiger partial charge in [-0.15, -0.1) is 0 Å². The SMILES string of the molecule is N#Cc1ccc(-c2nc(-c3cc4ccccc4o3)no2)[nH]1. The zero-order valence-electron chi connectivity index (χ0n) is 10.7. The number of rotatable bonds is 2. The summed E-state index contributed by atoms with van der Waals surface area (Å²) in [5.74, 6) is 1.22. The van der Waals surface area contributed by atoms with Crippen LogP contribution in [0.4, 0.5) is 0 Å². The number of fused-ring (bicyclic) bond motifs is 1. The van der Waals surface area contributed by atoms with E-state index in [9.17, 15) is 0 Å². The smallest absolute Gasteiger partial charge is 0.274 e. The highest BCUT2D eigenvalue weighted by atomic mass is 16.5. The van der Waals surface area contributed by atoms with Crippen molar-refractivity contribution in [3.05, 3.63) is 48.2 Å². The third-order valence-electron chi connectivity index (χ3n) is 3.11. The third kappa shape index (κ3) is 1.88. The van der Waals surface area contributed by atoms with Gasteiger partial charge in [-0.25, -0.2) is 0 Å². The number of aromatic amines is 1. The van der Waals surface area contributed by atoms with Gasteiger partial charge in [0.2, 0.25) is 5.82 Å². The molecule has 0 unspecified atom stereocenters. The molecule has 0 fully saturated rings. The van der Waals surface area contributed by atoms with Gasteiger partial charge in [0.25, 0.3) is 5.89 Å². The van der Waals surface area contributed by atoms with Crippen molar-refractivity contribution >= 4 is 11.0 Å². The summed E-state index contributed by atoms with van der Waals surface area (Å²) in [5, 5.41) is 13.7. The Morgan fingerprint density at radius 3 is 2.86 bits per heavy atom. The highest BCUT2D eigenvalue weighted by Crippen LogP contribution is 2.27. The summed E-state index contributed by atoms with van der Waals surface area (Å²) < 4.78 is 10.9. The van der Waals surface area contributed by atoms with Crippen LogP contribution in [-0.4, -0.2) is 15.1 Å². The number of H-pyrrole nitrogens is 1. The average Bonchev–Trinajstić information content (AvgIpc) is 3.24. The number of para-hydroxylation sites is 1. The molecule has 0 aliphatic carbocycles. The molecule has 0 radical (unpaired) electrons.